The van der Waals surface area contributed by atoms with Gasteiger partial charge in [0.2, 0.25) is 0 Å². The highest BCUT2D eigenvalue weighted by atomic mass is 16.5. The molecule has 0 aromatic heterocycles. The van der Waals surface area contributed by atoms with E-state index in [0.29, 0.717) is 6.10 Å². The van der Waals surface area contributed by atoms with Gasteiger partial charge in [0.1, 0.15) is 0 Å². The van der Waals surface area contributed by atoms with Crippen molar-refractivity contribution >= 4 is 0 Å². The van der Waals surface area contributed by atoms with Crippen LogP contribution in [0.25, 0.3) is 0 Å². The largest absolute Gasteiger partial charge is 0.378 e. The maximum absolute atomic E-state index is 6.29. The average Bonchev–Trinajstić information content (AvgIpc) is 2.15. The maximum Gasteiger partial charge on any atom is 0.0860 e. The summed E-state index contributed by atoms with van der Waals surface area (Å²) >= 11 is 0. The van der Waals surface area contributed by atoms with Crippen LogP contribution in [0.15, 0.2) is 0 Å². The van der Waals surface area contributed by atoms with Crippen molar-refractivity contribution in [2.75, 3.05) is 19.7 Å². The van der Waals surface area contributed by atoms with E-state index in [9.17, 15) is 0 Å². The molecule has 2 saturated heterocycles. The summed E-state index contributed by atoms with van der Waals surface area (Å²) < 4.78 is 12.0. The molecule has 2 unspecified atom stereocenters. The summed E-state index contributed by atoms with van der Waals surface area (Å²) in [5.74, 6) is 0. The lowest BCUT2D eigenvalue weighted by Crippen LogP contribution is -2.60. The smallest absolute Gasteiger partial charge is 0.0860 e. The van der Waals surface area contributed by atoms with Crippen LogP contribution in [0.3, 0.4) is 0 Å². The van der Waals surface area contributed by atoms with Crippen molar-refractivity contribution in [3.63, 3.8) is 0 Å². The second-order valence-corrected chi connectivity index (χ2v) is 5.50. The normalized spacial score (nSPS) is 40.6. The predicted molar refractivity (Wildman–Crippen MR) is 60.0 cm³/mol. The Labute approximate surface area is 92.5 Å². The first-order chi connectivity index (χ1) is 7.05. The van der Waals surface area contributed by atoms with Crippen molar-refractivity contribution in [1.82, 2.24) is 5.32 Å². The molecule has 2 heterocycles. The summed E-state index contributed by atoms with van der Waals surface area (Å²) in [6.45, 7) is 9.29. The van der Waals surface area contributed by atoms with Gasteiger partial charge in [-0.1, -0.05) is 6.92 Å². The number of hydrogen-bond donors (Lipinski definition) is 1. The number of hydrogen-bond acceptors (Lipinski definition) is 3. The molecule has 3 nitrogen and oxygen atoms in total. The minimum absolute atomic E-state index is 0.0284. The monoisotopic (exact) mass is 213 g/mol. The van der Waals surface area contributed by atoms with E-state index in [1.165, 1.54) is 0 Å². The van der Waals surface area contributed by atoms with Crippen LogP contribution in [0.4, 0.5) is 0 Å². The van der Waals surface area contributed by atoms with Gasteiger partial charge in [0.05, 0.1) is 17.3 Å². The molecule has 2 fully saturated rings. The third-order valence-electron chi connectivity index (χ3n) is 3.46. The fourth-order valence-corrected chi connectivity index (χ4v) is 2.75. The average molecular weight is 213 g/mol. The fraction of sp³-hybridized carbons (Fsp3) is 1.00. The number of rotatable bonds is 1. The standard InChI is InChI=1S/C12H23NO2/c1-4-10-7-12(5-6-14-10)9-13-8-11(2,3)15-12/h10,13H,4-9H2,1-3H3. The molecule has 88 valence electrons. The lowest BCUT2D eigenvalue weighted by Gasteiger charge is -2.49. The molecule has 0 bridgehead atoms. The first-order valence-electron chi connectivity index (χ1n) is 6.08. The predicted octanol–water partition coefficient (Wildman–Crippen LogP) is 1.71. The van der Waals surface area contributed by atoms with Crippen LogP contribution in [0.5, 0.6) is 0 Å². The third-order valence-corrected chi connectivity index (χ3v) is 3.46. The van der Waals surface area contributed by atoms with Crippen molar-refractivity contribution in [3.05, 3.63) is 0 Å². The minimum Gasteiger partial charge on any atom is -0.378 e. The molecule has 0 saturated carbocycles. The van der Waals surface area contributed by atoms with Crippen LogP contribution in [-0.4, -0.2) is 37.0 Å². The first kappa shape index (κ1) is 11.4. The van der Waals surface area contributed by atoms with Gasteiger partial charge >= 0.3 is 0 Å². The van der Waals surface area contributed by atoms with E-state index < -0.39 is 0 Å². The molecule has 0 aromatic carbocycles. The van der Waals surface area contributed by atoms with E-state index >= 15 is 0 Å². The van der Waals surface area contributed by atoms with Crippen LogP contribution in [-0.2, 0) is 9.47 Å². The number of ether oxygens (including phenoxy) is 2. The molecule has 0 aliphatic carbocycles. The van der Waals surface area contributed by atoms with Crippen molar-refractivity contribution in [3.8, 4) is 0 Å². The molecule has 1 spiro atoms. The zero-order chi connectivity index (χ0) is 10.9. The highest BCUT2D eigenvalue weighted by Crippen LogP contribution is 2.35. The van der Waals surface area contributed by atoms with Crippen molar-refractivity contribution < 1.29 is 9.47 Å². The van der Waals surface area contributed by atoms with Gasteiger partial charge in [-0.25, -0.2) is 0 Å². The second-order valence-electron chi connectivity index (χ2n) is 5.50. The summed E-state index contributed by atoms with van der Waals surface area (Å²) in [6, 6.07) is 0. The Morgan fingerprint density at radius 1 is 1.33 bits per heavy atom. The molecule has 1 N–H and O–H groups in total. The van der Waals surface area contributed by atoms with Crippen LogP contribution in [0.2, 0.25) is 0 Å². The Kier molecular flexibility index (Phi) is 3.06. The molecule has 0 amide bonds. The van der Waals surface area contributed by atoms with Gasteiger partial charge in [-0.15, -0.1) is 0 Å². The summed E-state index contributed by atoms with van der Waals surface area (Å²) in [5.41, 5.74) is -0.00540. The molecule has 2 aliphatic heterocycles. The van der Waals surface area contributed by atoms with E-state index in [2.05, 4.69) is 26.1 Å². The van der Waals surface area contributed by atoms with E-state index in [4.69, 9.17) is 9.47 Å². The van der Waals surface area contributed by atoms with E-state index in [1.54, 1.807) is 0 Å². The second kappa shape index (κ2) is 4.04. The number of morpholine rings is 1. The SMILES string of the molecule is CCC1CC2(CCO1)CNCC(C)(C)O2. The van der Waals surface area contributed by atoms with Gasteiger partial charge < -0.3 is 14.8 Å². The van der Waals surface area contributed by atoms with Crippen LogP contribution in [0, 0.1) is 0 Å². The lowest BCUT2D eigenvalue weighted by atomic mass is 9.86. The summed E-state index contributed by atoms with van der Waals surface area (Å²) in [7, 11) is 0. The van der Waals surface area contributed by atoms with Gasteiger partial charge in [0.25, 0.3) is 0 Å². The quantitative estimate of drug-likeness (QED) is 0.719. The topological polar surface area (TPSA) is 30.5 Å². The van der Waals surface area contributed by atoms with Crippen molar-refractivity contribution in [1.29, 1.82) is 0 Å². The number of nitrogens with one attached hydrogen (secondary N) is 1. The Morgan fingerprint density at radius 2 is 2.13 bits per heavy atom. The van der Waals surface area contributed by atoms with Gasteiger partial charge in [0, 0.05) is 32.5 Å². The third kappa shape index (κ3) is 2.52. The molecule has 0 radical (unpaired) electrons. The molecule has 2 rings (SSSR count). The Morgan fingerprint density at radius 3 is 2.80 bits per heavy atom. The van der Waals surface area contributed by atoms with Crippen LogP contribution < -0.4 is 5.32 Å². The van der Waals surface area contributed by atoms with E-state index in [-0.39, 0.29) is 11.2 Å². The highest BCUT2D eigenvalue weighted by molar-refractivity contribution is 4.96. The fourth-order valence-electron chi connectivity index (χ4n) is 2.75. The molecule has 3 heteroatoms. The molecular weight excluding hydrogens is 190 g/mol. The lowest BCUT2D eigenvalue weighted by molar-refractivity contribution is -0.208. The minimum atomic E-state index is -0.0338. The molecular formula is C12H23NO2. The zero-order valence-electron chi connectivity index (χ0n) is 10.1. The Bertz CT molecular complexity index is 226. The summed E-state index contributed by atoms with van der Waals surface area (Å²) in [6.07, 6.45) is 3.54. The Balaban J connectivity index is 2.05. The molecule has 2 aliphatic rings. The van der Waals surface area contributed by atoms with E-state index in [1.807, 2.05) is 0 Å². The van der Waals surface area contributed by atoms with Crippen LogP contribution >= 0.6 is 0 Å². The van der Waals surface area contributed by atoms with Crippen molar-refractivity contribution in [2.24, 2.45) is 0 Å². The van der Waals surface area contributed by atoms with Crippen LogP contribution in [0.1, 0.15) is 40.0 Å². The molecule has 0 aromatic rings. The highest BCUT2D eigenvalue weighted by Gasteiger charge is 2.44. The van der Waals surface area contributed by atoms with Gasteiger partial charge in [-0.05, 0) is 20.3 Å². The molecule has 2 atom stereocenters. The molecule has 15 heavy (non-hydrogen) atoms. The zero-order valence-corrected chi connectivity index (χ0v) is 10.1. The van der Waals surface area contributed by atoms with Crippen molar-refractivity contribution in [2.45, 2.75) is 57.3 Å². The van der Waals surface area contributed by atoms with Gasteiger partial charge in [0.15, 0.2) is 0 Å². The van der Waals surface area contributed by atoms with Gasteiger partial charge in [-0.3, -0.25) is 0 Å². The first-order valence-corrected chi connectivity index (χ1v) is 6.08. The summed E-state index contributed by atoms with van der Waals surface area (Å²) in [5, 5.41) is 3.50. The van der Waals surface area contributed by atoms with Gasteiger partial charge in [-0.2, -0.15) is 0 Å². The Hall–Kier alpha value is -0.120. The maximum atomic E-state index is 6.29. The van der Waals surface area contributed by atoms with E-state index in [0.717, 1.165) is 39.0 Å². The summed E-state index contributed by atoms with van der Waals surface area (Å²) in [4.78, 5) is 0.